The van der Waals surface area contributed by atoms with Gasteiger partial charge in [-0.25, -0.2) is 0 Å². The van der Waals surface area contributed by atoms with Gasteiger partial charge >= 0.3 is 0 Å². The molecule has 0 bridgehead atoms. The smallest absolute Gasteiger partial charge is 0.257 e. The average Bonchev–Trinajstić information content (AvgIpc) is 3.26. The highest BCUT2D eigenvalue weighted by atomic mass is 35.5. The first-order valence-corrected chi connectivity index (χ1v) is 8.05. The molecule has 0 aliphatic heterocycles. The normalized spacial score (nSPS) is 12.1. The Morgan fingerprint density at radius 1 is 1.32 bits per heavy atom. The van der Waals surface area contributed by atoms with E-state index in [1.165, 1.54) is 0 Å². The molecule has 1 N–H and O–H groups in total. The Morgan fingerprint density at radius 2 is 2.12 bits per heavy atom. The predicted molar refractivity (Wildman–Crippen MR) is 92.5 cm³/mol. The maximum absolute atomic E-state index is 12.7. The number of methoxy groups -OCH3 is 1. The van der Waals surface area contributed by atoms with Gasteiger partial charge in [0.2, 0.25) is 0 Å². The van der Waals surface area contributed by atoms with Crippen LogP contribution in [0.4, 0.5) is 0 Å². The molecular formula is C18H17ClN2O4. The molecule has 7 heteroatoms. The van der Waals surface area contributed by atoms with E-state index >= 15 is 0 Å². The highest BCUT2D eigenvalue weighted by molar-refractivity contribution is 6.33. The summed E-state index contributed by atoms with van der Waals surface area (Å²) in [6, 6.07) is 10.7. The summed E-state index contributed by atoms with van der Waals surface area (Å²) in [5, 5.41) is 7.32. The minimum Gasteiger partial charge on any atom is -0.467 e. The van der Waals surface area contributed by atoms with E-state index in [1.807, 2.05) is 12.1 Å². The molecule has 1 aromatic carbocycles. The number of aromatic nitrogens is 1. The average molecular weight is 361 g/mol. The summed E-state index contributed by atoms with van der Waals surface area (Å²) < 4.78 is 15.9. The van der Waals surface area contributed by atoms with Crippen LogP contribution in [0.1, 0.15) is 28.0 Å². The van der Waals surface area contributed by atoms with Crippen LogP contribution in [-0.4, -0.2) is 24.7 Å². The zero-order valence-electron chi connectivity index (χ0n) is 13.8. The Kier molecular flexibility index (Phi) is 5.21. The van der Waals surface area contributed by atoms with Crippen LogP contribution < -0.4 is 5.32 Å². The lowest BCUT2D eigenvalue weighted by atomic mass is 10.1. The van der Waals surface area contributed by atoms with Gasteiger partial charge in [0.15, 0.2) is 0 Å². The molecule has 0 radical (unpaired) electrons. The van der Waals surface area contributed by atoms with Gasteiger partial charge in [0.1, 0.15) is 28.9 Å². The third kappa shape index (κ3) is 3.60. The monoisotopic (exact) mass is 360 g/mol. The fraction of sp³-hybridized carbons (Fsp3) is 0.222. The van der Waals surface area contributed by atoms with E-state index in [0.29, 0.717) is 33.4 Å². The summed E-state index contributed by atoms with van der Waals surface area (Å²) in [6.07, 6.45) is 1.17. The zero-order chi connectivity index (χ0) is 17.8. The Balaban J connectivity index is 1.81. The van der Waals surface area contributed by atoms with Crippen molar-refractivity contribution in [3.8, 4) is 11.3 Å². The first kappa shape index (κ1) is 17.3. The fourth-order valence-corrected chi connectivity index (χ4v) is 2.75. The standard InChI is InChI=1S/C18H17ClN2O4/c1-11-16(17(21-25-11)12-6-3-4-7-13(12)19)18(22)20-10-15(23-2)14-8-5-9-24-14/h3-9,15H,10H2,1-2H3,(H,20,22). The number of carbonyl (C=O) groups excluding carboxylic acids is 1. The summed E-state index contributed by atoms with van der Waals surface area (Å²) in [5.74, 6) is 0.734. The van der Waals surface area contributed by atoms with Gasteiger partial charge in [0.05, 0.1) is 17.8 Å². The largest absolute Gasteiger partial charge is 0.467 e. The highest BCUT2D eigenvalue weighted by Crippen LogP contribution is 2.31. The van der Waals surface area contributed by atoms with Crippen LogP contribution in [-0.2, 0) is 4.74 Å². The summed E-state index contributed by atoms with van der Waals surface area (Å²) in [5.41, 5.74) is 1.40. The number of nitrogens with one attached hydrogen (secondary N) is 1. The van der Waals surface area contributed by atoms with Crippen molar-refractivity contribution in [3.63, 3.8) is 0 Å². The number of nitrogens with zero attached hydrogens (tertiary/aromatic N) is 1. The molecule has 1 unspecified atom stereocenters. The highest BCUT2D eigenvalue weighted by Gasteiger charge is 2.24. The van der Waals surface area contributed by atoms with Crippen LogP contribution in [0.5, 0.6) is 0 Å². The molecule has 1 amide bonds. The third-order valence-corrected chi connectivity index (χ3v) is 4.14. The molecule has 0 saturated carbocycles. The number of furan rings is 1. The molecule has 1 atom stereocenters. The van der Waals surface area contributed by atoms with E-state index in [0.717, 1.165) is 0 Å². The Morgan fingerprint density at radius 3 is 2.80 bits per heavy atom. The van der Waals surface area contributed by atoms with E-state index in [4.69, 9.17) is 25.3 Å². The number of benzene rings is 1. The number of amides is 1. The lowest BCUT2D eigenvalue weighted by Gasteiger charge is -2.14. The molecule has 25 heavy (non-hydrogen) atoms. The molecule has 2 heterocycles. The maximum Gasteiger partial charge on any atom is 0.257 e. The second-order valence-corrected chi connectivity index (χ2v) is 5.80. The van der Waals surface area contributed by atoms with Gasteiger partial charge in [0.25, 0.3) is 5.91 Å². The molecule has 0 fully saturated rings. The van der Waals surface area contributed by atoms with E-state index in [-0.39, 0.29) is 18.6 Å². The van der Waals surface area contributed by atoms with Gasteiger partial charge < -0.3 is 19.0 Å². The second kappa shape index (κ2) is 7.55. The fourth-order valence-electron chi connectivity index (χ4n) is 2.52. The summed E-state index contributed by atoms with van der Waals surface area (Å²) in [6.45, 7) is 1.93. The van der Waals surface area contributed by atoms with Crippen molar-refractivity contribution in [1.29, 1.82) is 0 Å². The molecule has 0 aliphatic carbocycles. The zero-order valence-corrected chi connectivity index (χ0v) is 14.5. The number of hydrogen-bond acceptors (Lipinski definition) is 5. The molecule has 3 aromatic rings. The number of hydrogen-bond donors (Lipinski definition) is 1. The molecular weight excluding hydrogens is 344 g/mol. The van der Waals surface area contributed by atoms with Gasteiger partial charge in [-0.1, -0.05) is 35.0 Å². The number of rotatable bonds is 6. The summed E-state index contributed by atoms with van der Waals surface area (Å²) in [7, 11) is 1.55. The molecule has 6 nitrogen and oxygen atoms in total. The van der Waals surface area contributed by atoms with Crippen LogP contribution >= 0.6 is 11.6 Å². The SMILES string of the molecule is COC(CNC(=O)c1c(-c2ccccc2Cl)noc1C)c1ccco1. The topological polar surface area (TPSA) is 77.5 Å². The number of ether oxygens (including phenoxy) is 1. The van der Waals surface area contributed by atoms with Crippen molar-refractivity contribution < 1.29 is 18.5 Å². The summed E-state index contributed by atoms with van der Waals surface area (Å²) >= 11 is 6.22. The first-order chi connectivity index (χ1) is 12.1. The lowest BCUT2D eigenvalue weighted by molar-refractivity contribution is 0.0738. The molecule has 0 saturated heterocycles. The molecule has 130 valence electrons. The van der Waals surface area contributed by atoms with E-state index in [1.54, 1.807) is 44.6 Å². The van der Waals surface area contributed by atoms with Crippen LogP contribution in [0.25, 0.3) is 11.3 Å². The van der Waals surface area contributed by atoms with Crippen molar-refractivity contribution in [2.24, 2.45) is 0 Å². The lowest BCUT2D eigenvalue weighted by Crippen LogP contribution is -2.29. The molecule has 0 spiro atoms. The Labute approximate surface area is 149 Å². The van der Waals surface area contributed by atoms with Crippen molar-refractivity contribution in [1.82, 2.24) is 10.5 Å². The third-order valence-electron chi connectivity index (χ3n) is 3.81. The molecule has 3 rings (SSSR count). The second-order valence-electron chi connectivity index (χ2n) is 5.39. The van der Waals surface area contributed by atoms with Crippen molar-refractivity contribution in [2.75, 3.05) is 13.7 Å². The molecule has 0 aliphatic rings. The van der Waals surface area contributed by atoms with Gasteiger partial charge in [-0.3, -0.25) is 4.79 Å². The van der Waals surface area contributed by atoms with Crippen LogP contribution in [0.15, 0.2) is 51.6 Å². The van der Waals surface area contributed by atoms with Crippen LogP contribution in [0.3, 0.4) is 0 Å². The number of aryl methyl sites for hydroxylation is 1. The van der Waals surface area contributed by atoms with Gasteiger partial charge in [-0.2, -0.15) is 0 Å². The Hall–Kier alpha value is -2.57. The number of carbonyl (C=O) groups is 1. The van der Waals surface area contributed by atoms with Crippen LogP contribution in [0, 0.1) is 6.92 Å². The van der Waals surface area contributed by atoms with E-state index in [9.17, 15) is 4.79 Å². The predicted octanol–water partition coefficient (Wildman–Crippen LogP) is 4.01. The maximum atomic E-state index is 12.7. The van der Waals surface area contributed by atoms with Crippen molar-refractivity contribution >= 4 is 17.5 Å². The minimum absolute atomic E-state index is 0.245. The van der Waals surface area contributed by atoms with Crippen LogP contribution in [0.2, 0.25) is 5.02 Å². The summed E-state index contributed by atoms with van der Waals surface area (Å²) in [4.78, 5) is 12.7. The van der Waals surface area contributed by atoms with E-state index < -0.39 is 0 Å². The number of halogens is 1. The Bertz CT molecular complexity index is 858. The first-order valence-electron chi connectivity index (χ1n) is 7.67. The van der Waals surface area contributed by atoms with Gasteiger partial charge in [-0.15, -0.1) is 0 Å². The van der Waals surface area contributed by atoms with Crippen molar-refractivity contribution in [2.45, 2.75) is 13.0 Å². The van der Waals surface area contributed by atoms with Crippen molar-refractivity contribution in [3.05, 3.63) is 64.8 Å². The minimum atomic E-state index is -0.386. The van der Waals surface area contributed by atoms with Gasteiger partial charge in [-0.05, 0) is 25.1 Å². The van der Waals surface area contributed by atoms with E-state index in [2.05, 4.69) is 10.5 Å². The molecule has 2 aromatic heterocycles. The quantitative estimate of drug-likeness (QED) is 0.718. The van der Waals surface area contributed by atoms with Gasteiger partial charge in [0, 0.05) is 12.7 Å².